The predicted molar refractivity (Wildman–Crippen MR) is 120 cm³/mol. The van der Waals surface area contributed by atoms with Crippen molar-refractivity contribution in [2.24, 2.45) is 17.8 Å². The Morgan fingerprint density at radius 3 is 2.42 bits per heavy atom. The van der Waals surface area contributed by atoms with Crippen molar-refractivity contribution in [3.05, 3.63) is 24.3 Å². The summed E-state index contributed by atoms with van der Waals surface area (Å²) in [5.74, 6) is -1.48. The summed E-state index contributed by atoms with van der Waals surface area (Å²) in [6.07, 6.45) is 8.03. The maximum atomic E-state index is 14.0. The van der Waals surface area contributed by atoms with Crippen LogP contribution in [0.5, 0.6) is 0 Å². The lowest BCUT2D eigenvalue weighted by atomic mass is 9.78. The van der Waals surface area contributed by atoms with E-state index in [2.05, 4.69) is 0 Å². The normalized spacial score (nSPS) is 36.1. The molecule has 4 rings (SSSR count). The molecule has 1 spiro atoms. The summed E-state index contributed by atoms with van der Waals surface area (Å²) in [5.41, 5.74) is 0. The minimum atomic E-state index is -0.812. The molecule has 31 heavy (non-hydrogen) atoms. The zero-order valence-electron chi connectivity index (χ0n) is 18.9. The van der Waals surface area contributed by atoms with Crippen LogP contribution in [0.4, 0.5) is 0 Å². The zero-order chi connectivity index (χ0) is 22.7. The van der Waals surface area contributed by atoms with Crippen molar-refractivity contribution in [3.63, 3.8) is 0 Å². The van der Waals surface area contributed by atoms with E-state index in [1.807, 2.05) is 52.0 Å². The fourth-order valence-corrected chi connectivity index (χ4v) is 7.66. The highest BCUT2D eigenvalue weighted by atomic mass is 32.2. The standard InChI is InChI=1S/C23H33N3O4S/c1-13(2)15(12-27)26-19-22(30)25(14(3)4)11-7-9-23(19)18(21(26)29)17-16(31-23)8-6-10-24(5)20(17)28/h6-9,13-19,27H,10-12H2,1-5H3/t15-,16+,17-,18-,19?,23-/m0/s1. The molecule has 0 aromatic rings. The van der Waals surface area contributed by atoms with Gasteiger partial charge in [0.05, 0.1) is 29.2 Å². The van der Waals surface area contributed by atoms with E-state index in [4.69, 9.17) is 0 Å². The van der Waals surface area contributed by atoms with Crippen LogP contribution in [0.3, 0.4) is 0 Å². The van der Waals surface area contributed by atoms with E-state index < -0.39 is 28.7 Å². The van der Waals surface area contributed by atoms with Gasteiger partial charge in [-0.25, -0.2) is 0 Å². The monoisotopic (exact) mass is 447 g/mol. The molecule has 0 bridgehead atoms. The largest absolute Gasteiger partial charge is 0.394 e. The Kier molecular flexibility index (Phi) is 5.75. The van der Waals surface area contributed by atoms with E-state index >= 15 is 0 Å². The van der Waals surface area contributed by atoms with E-state index in [1.54, 1.807) is 33.5 Å². The molecule has 8 heteroatoms. The van der Waals surface area contributed by atoms with Gasteiger partial charge in [-0.15, -0.1) is 11.8 Å². The van der Waals surface area contributed by atoms with Crippen LogP contribution in [0.15, 0.2) is 24.3 Å². The Balaban J connectivity index is 1.90. The highest BCUT2D eigenvalue weighted by Crippen LogP contribution is 2.61. The summed E-state index contributed by atoms with van der Waals surface area (Å²) in [5, 5.41) is 10.1. The molecule has 1 N–H and O–H groups in total. The highest BCUT2D eigenvalue weighted by molar-refractivity contribution is 8.02. The third-order valence-corrected chi connectivity index (χ3v) is 9.01. The van der Waals surface area contributed by atoms with Gasteiger partial charge in [-0.1, -0.05) is 38.2 Å². The van der Waals surface area contributed by atoms with E-state index in [-0.39, 0.29) is 41.5 Å². The molecule has 0 saturated carbocycles. The van der Waals surface area contributed by atoms with Gasteiger partial charge in [0.1, 0.15) is 6.04 Å². The number of likely N-dealkylation sites (N-methyl/N-ethyl adjacent to an activating group) is 1. The first-order valence-electron chi connectivity index (χ1n) is 11.2. The number of fused-ring (bicyclic) bond motifs is 2. The lowest BCUT2D eigenvalue weighted by Gasteiger charge is -2.40. The maximum Gasteiger partial charge on any atom is 0.247 e. The van der Waals surface area contributed by atoms with Gasteiger partial charge in [-0.3, -0.25) is 14.4 Å². The van der Waals surface area contributed by atoms with Gasteiger partial charge in [0.2, 0.25) is 17.7 Å². The summed E-state index contributed by atoms with van der Waals surface area (Å²) in [6, 6.07) is -1.22. The molecular formula is C23H33N3O4S. The first-order valence-corrected chi connectivity index (χ1v) is 12.0. The fourth-order valence-electron chi connectivity index (χ4n) is 5.66. The van der Waals surface area contributed by atoms with Crippen molar-refractivity contribution in [3.8, 4) is 0 Å². The maximum absolute atomic E-state index is 14.0. The second kappa shape index (κ2) is 7.96. The molecule has 7 nitrogen and oxygen atoms in total. The first-order chi connectivity index (χ1) is 14.7. The van der Waals surface area contributed by atoms with Crippen molar-refractivity contribution in [2.45, 2.75) is 55.8 Å². The number of thioether (sulfide) groups is 1. The molecule has 0 aliphatic carbocycles. The lowest BCUT2D eigenvalue weighted by molar-refractivity contribution is -0.148. The molecule has 0 aromatic carbocycles. The number of nitrogens with zero attached hydrogens (tertiary/aromatic N) is 3. The van der Waals surface area contributed by atoms with Crippen LogP contribution >= 0.6 is 11.8 Å². The number of carbonyl (C=O) groups is 3. The number of carbonyl (C=O) groups excluding carboxylic acids is 3. The molecule has 2 fully saturated rings. The first kappa shape index (κ1) is 22.4. The third-order valence-electron chi connectivity index (χ3n) is 7.27. The average Bonchev–Trinajstić information content (AvgIpc) is 3.02. The molecule has 3 amide bonds. The van der Waals surface area contributed by atoms with Crippen LogP contribution in [0, 0.1) is 17.8 Å². The SMILES string of the molecule is CC(C)[C@H](CO)N1C(=O)[C@@H]2[C@H]3C(=O)N(C)CC=C[C@H]3S[C@@]23C=CCN(C(C)C)C(=O)C13. The van der Waals surface area contributed by atoms with E-state index in [0.29, 0.717) is 13.1 Å². The second-order valence-corrected chi connectivity index (χ2v) is 11.2. The van der Waals surface area contributed by atoms with Crippen molar-refractivity contribution in [1.29, 1.82) is 0 Å². The Hall–Kier alpha value is -1.80. The van der Waals surface area contributed by atoms with Gasteiger partial charge in [0.15, 0.2) is 0 Å². The molecule has 0 radical (unpaired) electrons. The second-order valence-electron chi connectivity index (χ2n) is 9.72. The number of rotatable bonds is 4. The Labute approximate surface area is 188 Å². The Morgan fingerprint density at radius 2 is 1.81 bits per heavy atom. The van der Waals surface area contributed by atoms with Gasteiger partial charge in [-0.05, 0) is 19.8 Å². The minimum Gasteiger partial charge on any atom is -0.394 e. The molecule has 4 heterocycles. The van der Waals surface area contributed by atoms with Gasteiger partial charge in [-0.2, -0.15) is 0 Å². The fraction of sp³-hybridized carbons (Fsp3) is 0.696. The number of aliphatic hydroxyl groups is 1. The number of amides is 3. The summed E-state index contributed by atoms with van der Waals surface area (Å²) in [7, 11) is 1.76. The predicted octanol–water partition coefficient (Wildman–Crippen LogP) is 1.14. The summed E-state index contributed by atoms with van der Waals surface area (Å²) < 4.78 is -0.812. The smallest absolute Gasteiger partial charge is 0.247 e. The van der Waals surface area contributed by atoms with Crippen molar-refractivity contribution < 1.29 is 19.5 Å². The Morgan fingerprint density at radius 1 is 1.10 bits per heavy atom. The number of likely N-dealkylation sites (tertiary alicyclic amines) is 1. The molecule has 6 atom stereocenters. The molecule has 4 aliphatic heterocycles. The van der Waals surface area contributed by atoms with Gasteiger partial charge in [0.25, 0.3) is 0 Å². The van der Waals surface area contributed by atoms with Gasteiger partial charge < -0.3 is 19.8 Å². The van der Waals surface area contributed by atoms with Crippen molar-refractivity contribution in [1.82, 2.24) is 14.7 Å². The van der Waals surface area contributed by atoms with Crippen LogP contribution in [0.2, 0.25) is 0 Å². The van der Waals surface area contributed by atoms with Crippen LogP contribution in [0.1, 0.15) is 27.7 Å². The summed E-state index contributed by atoms with van der Waals surface area (Å²) in [4.78, 5) is 46.4. The highest BCUT2D eigenvalue weighted by Gasteiger charge is 2.71. The average molecular weight is 448 g/mol. The van der Waals surface area contributed by atoms with Crippen LogP contribution in [-0.2, 0) is 14.4 Å². The quantitative estimate of drug-likeness (QED) is 0.654. The van der Waals surface area contributed by atoms with Gasteiger partial charge in [0, 0.05) is 31.4 Å². The van der Waals surface area contributed by atoms with Crippen molar-refractivity contribution in [2.75, 3.05) is 26.7 Å². The molecule has 170 valence electrons. The summed E-state index contributed by atoms with van der Waals surface area (Å²) in [6.45, 7) is 8.64. The minimum absolute atomic E-state index is 0.0144. The molecule has 1 unspecified atom stereocenters. The lowest BCUT2D eigenvalue weighted by Crippen LogP contribution is -2.58. The number of hydrogen-bond acceptors (Lipinski definition) is 5. The number of aliphatic hydroxyl groups excluding tert-OH is 1. The zero-order valence-corrected chi connectivity index (χ0v) is 19.7. The third kappa shape index (κ3) is 3.17. The summed E-state index contributed by atoms with van der Waals surface area (Å²) >= 11 is 1.58. The van der Waals surface area contributed by atoms with Crippen LogP contribution in [0.25, 0.3) is 0 Å². The molecule has 4 aliphatic rings. The van der Waals surface area contributed by atoms with Crippen molar-refractivity contribution >= 4 is 29.5 Å². The number of hydrogen-bond donors (Lipinski definition) is 1. The van der Waals surface area contributed by atoms with Gasteiger partial charge >= 0.3 is 0 Å². The molecule has 0 aromatic heterocycles. The van der Waals surface area contributed by atoms with Crippen LogP contribution < -0.4 is 0 Å². The molecule has 2 saturated heterocycles. The topological polar surface area (TPSA) is 81.2 Å². The van der Waals surface area contributed by atoms with E-state index in [0.717, 1.165) is 0 Å². The van der Waals surface area contributed by atoms with Crippen LogP contribution in [-0.4, -0.2) is 92.4 Å². The molecular weight excluding hydrogens is 414 g/mol. The Bertz CT molecular complexity index is 841. The van der Waals surface area contributed by atoms with E-state index in [1.165, 1.54) is 0 Å². The van der Waals surface area contributed by atoms with E-state index in [9.17, 15) is 19.5 Å².